The van der Waals surface area contributed by atoms with Crippen LogP contribution < -0.4 is 15.4 Å². The van der Waals surface area contributed by atoms with Crippen molar-refractivity contribution in [2.75, 3.05) is 20.1 Å². The van der Waals surface area contributed by atoms with Gasteiger partial charge in [-0.05, 0) is 24.3 Å². The number of carbonyl (C=O) groups is 2. The van der Waals surface area contributed by atoms with Gasteiger partial charge in [-0.3, -0.25) is 19.5 Å². The van der Waals surface area contributed by atoms with Crippen LogP contribution in [0.25, 0.3) is 0 Å². The third-order valence-corrected chi connectivity index (χ3v) is 6.06. The van der Waals surface area contributed by atoms with Crippen molar-refractivity contribution in [2.45, 2.75) is 19.3 Å². The molecular weight excluding hydrogens is 540 g/mol. The minimum absolute atomic E-state index is 0. The van der Waals surface area contributed by atoms with Crippen LogP contribution in [0.4, 0.5) is 13.2 Å². The molecule has 4 unspecified atom stereocenters. The SMILES string of the molecule is CN=C(NCCN1C(=O)C2C3C=CC(C3)C2C1=O)NCc1ccccc1OC(F)(F)F.I. The van der Waals surface area contributed by atoms with Gasteiger partial charge in [0.15, 0.2) is 5.96 Å². The molecular formula is C21H24F3IN4O3. The number of para-hydroxylation sites is 1. The van der Waals surface area contributed by atoms with Crippen molar-refractivity contribution in [2.24, 2.45) is 28.7 Å². The maximum absolute atomic E-state index is 12.7. The van der Waals surface area contributed by atoms with Crippen molar-refractivity contribution >= 4 is 41.8 Å². The maximum Gasteiger partial charge on any atom is 0.573 e. The Morgan fingerprint density at radius 2 is 1.75 bits per heavy atom. The van der Waals surface area contributed by atoms with E-state index in [1.165, 1.54) is 30.1 Å². The van der Waals surface area contributed by atoms with Crippen molar-refractivity contribution in [3.05, 3.63) is 42.0 Å². The number of likely N-dealkylation sites (tertiary alicyclic amines) is 1. The van der Waals surface area contributed by atoms with E-state index in [9.17, 15) is 22.8 Å². The molecule has 0 radical (unpaired) electrons. The number of guanidine groups is 1. The maximum atomic E-state index is 12.7. The van der Waals surface area contributed by atoms with E-state index < -0.39 is 6.36 Å². The number of hydrogen-bond donors (Lipinski definition) is 2. The van der Waals surface area contributed by atoms with Crippen molar-refractivity contribution in [3.8, 4) is 5.75 Å². The second-order valence-electron chi connectivity index (χ2n) is 7.84. The van der Waals surface area contributed by atoms with Gasteiger partial charge in [0.2, 0.25) is 11.8 Å². The first kappa shape index (κ1) is 24.3. The molecule has 1 aliphatic heterocycles. The molecule has 2 N–H and O–H groups in total. The standard InChI is InChI=1S/C21H23F3N4O3.HI/c1-25-20(27-11-14-4-2-3-5-15(14)31-21(22,23)24)26-8-9-28-18(29)16-12-6-7-13(10-12)17(16)19(28)30;/h2-7,12-13,16-17H,8-11H2,1H3,(H2,25,26,27);1H. The highest BCUT2D eigenvalue weighted by atomic mass is 127. The topological polar surface area (TPSA) is 83.0 Å². The second kappa shape index (κ2) is 9.67. The number of amides is 2. The van der Waals surface area contributed by atoms with Crippen molar-refractivity contribution < 1.29 is 27.5 Å². The Labute approximate surface area is 200 Å². The Hall–Kier alpha value is -2.31. The lowest BCUT2D eigenvalue weighted by Crippen LogP contribution is -2.43. The number of rotatable bonds is 6. The number of ether oxygens (including phenoxy) is 1. The number of allylic oxidation sites excluding steroid dienone is 2. The minimum Gasteiger partial charge on any atom is -0.405 e. The summed E-state index contributed by atoms with van der Waals surface area (Å²) >= 11 is 0. The molecule has 11 heteroatoms. The average molecular weight is 564 g/mol. The zero-order valence-corrected chi connectivity index (χ0v) is 19.6. The number of alkyl halides is 3. The number of imide groups is 1. The van der Waals surface area contributed by atoms with Gasteiger partial charge in [-0.15, -0.1) is 37.1 Å². The van der Waals surface area contributed by atoms with E-state index >= 15 is 0 Å². The molecule has 174 valence electrons. The van der Waals surface area contributed by atoms with Crippen LogP contribution in [-0.4, -0.2) is 49.2 Å². The molecule has 1 saturated heterocycles. The van der Waals surface area contributed by atoms with Crippen LogP contribution in [0.3, 0.4) is 0 Å². The largest absolute Gasteiger partial charge is 0.573 e. The molecule has 4 atom stereocenters. The van der Waals surface area contributed by atoms with Crippen LogP contribution in [0.5, 0.6) is 5.75 Å². The number of benzene rings is 1. The first-order valence-corrected chi connectivity index (χ1v) is 10.1. The smallest absolute Gasteiger partial charge is 0.405 e. The summed E-state index contributed by atoms with van der Waals surface area (Å²) in [5.41, 5.74) is 0.309. The zero-order chi connectivity index (χ0) is 22.2. The number of aliphatic imine (C=N–C) groups is 1. The number of nitrogens with zero attached hydrogens (tertiary/aromatic N) is 2. The Morgan fingerprint density at radius 3 is 2.34 bits per heavy atom. The van der Waals surface area contributed by atoms with E-state index in [-0.39, 0.29) is 84.8 Å². The minimum atomic E-state index is -4.78. The third kappa shape index (κ3) is 4.86. The summed E-state index contributed by atoms with van der Waals surface area (Å²) in [6, 6.07) is 5.83. The van der Waals surface area contributed by atoms with Gasteiger partial charge in [0.1, 0.15) is 5.75 Å². The van der Waals surface area contributed by atoms with Crippen LogP contribution in [0.15, 0.2) is 41.4 Å². The second-order valence-corrected chi connectivity index (χ2v) is 7.84. The Morgan fingerprint density at radius 1 is 1.12 bits per heavy atom. The number of fused-ring (bicyclic) bond motifs is 5. The molecule has 7 nitrogen and oxygen atoms in total. The fourth-order valence-corrected chi connectivity index (χ4v) is 4.74. The van der Waals surface area contributed by atoms with E-state index in [2.05, 4.69) is 20.4 Å². The quantitative estimate of drug-likeness (QED) is 0.183. The summed E-state index contributed by atoms with van der Waals surface area (Å²) in [6.07, 6.45) is 0.197. The Kier molecular flexibility index (Phi) is 7.36. The highest BCUT2D eigenvalue weighted by Crippen LogP contribution is 2.52. The average Bonchev–Trinajstić information content (AvgIpc) is 3.40. The highest BCUT2D eigenvalue weighted by Gasteiger charge is 2.58. The molecule has 2 aliphatic carbocycles. The fraction of sp³-hybridized carbons (Fsp3) is 0.476. The van der Waals surface area contributed by atoms with Crippen LogP contribution in [-0.2, 0) is 16.1 Å². The molecule has 2 fully saturated rings. The Bertz CT molecular complexity index is 907. The highest BCUT2D eigenvalue weighted by molar-refractivity contribution is 14.0. The van der Waals surface area contributed by atoms with Crippen LogP contribution in [0, 0.1) is 23.7 Å². The van der Waals surface area contributed by atoms with Crippen molar-refractivity contribution in [1.29, 1.82) is 0 Å². The monoisotopic (exact) mass is 564 g/mol. The summed E-state index contributed by atoms with van der Waals surface area (Å²) in [5.74, 6) is -0.320. The summed E-state index contributed by atoms with van der Waals surface area (Å²) in [5, 5.41) is 5.91. The molecule has 0 aromatic heterocycles. The van der Waals surface area contributed by atoms with E-state index in [0.717, 1.165) is 6.42 Å². The normalized spacial score (nSPS) is 26.2. The van der Waals surface area contributed by atoms with Crippen molar-refractivity contribution in [3.63, 3.8) is 0 Å². The molecule has 2 bridgehead atoms. The molecule has 1 heterocycles. The van der Waals surface area contributed by atoms with Crippen LogP contribution in [0.2, 0.25) is 0 Å². The molecule has 32 heavy (non-hydrogen) atoms. The third-order valence-electron chi connectivity index (χ3n) is 6.06. The molecule has 4 rings (SSSR count). The van der Waals surface area contributed by atoms with Gasteiger partial charge < -0.3 is 15.4 Å². The zero-order valence-electron chi connectivity index (χ0n) is 17.3. The predicted molar refractivity (Wildman–Crippen MR) is 121 cm³/mol. The molecule has 3 aliphatic rings. The number of nitrogens with one attached hydrogen (secondary N) is 2. The van der Waals surface area contributed by atoms with Crippen molar-refractivity contribution in [1.82, 2.24) is 15.5 Å². The van der Waals surface area contributed by atoms with E-state index in [1.54, 1.807) is 6.07 Å². The van der Waals surface area contributed by atoms with E-state index in [4.69, 9.17) is 0 Å². The fourth-order valence-electron chi connectivity index (χ4n) is 4.74. The lowest BCUT2D eigenvalue weighted by atomic mass is 9.85. The molecule has 2 amide bonds. The van der Waals surface area contributed by atoms with Gasteiger partial charge in [-0.25, -0.2) is 0 Å². The molecule has 1 aromatic carbocycles. The first-order chi connectivity index (χ1) is 14.8. The van der Waals surface area contributed by atoms with E-state index in [1.807, 2.05) is 12.2 Å². The summed E-state index contributed by atoms with van der Waals surface area (Å²) in [7, 11) is 1.52. The van der Waals surface area contributed by atoms with Gasteiger partial charge in [0.05, 0.1) is 11.8 Å². The summed E-state index contributed by atoms with van der Waals surface area (Å²) in [4.78, 5) is 30.7. The molecule has 0 spiro atoms. The van der Waals surface area contributed by atoms with Gasteiger partial charge in [-0.2, -0.15) is 0 Å². The summed E-state index contributed by atoms with van der Waals surface area (Å²) < 4.78 is 41.7. The number of halogens is 4. The number of hydrogen-bond acceptors (Lipinski definition) is 4. The molecule has 1 saturated carbocycles. The van der Waals surface area contributed by atoms with E-state index in [0.29, 0.717) is 11.5 Å². The lowest BCUT2D eigenvalue weighted by Gasteiger charge is -2.19. The van der Waals surface area contributed by atoms with Crippen LogP contribution in [0.1, 0.15) is 12.0 Å². The van der Waals surface area contributed by atoms with Gasteiger partial charge in [0, 0.05) is 32.2 Å². The summed E-state index contributed by atoms with van der Waals surface area (Å²) in [6.45, 7) is 0.533. The van der Waals surface area contributed by atoms with Gasteiger partial charge in [-0.1, -0.05) is 30.4 Å². The number of carbonyl (C=O) groups excluding carboxylic acids is 2. The lowest BCUT2D eigenvalue weighted by molar-refractivity contribution is -0.274. The first-order valence-electron chi connectivity index (χ1n) is 10.1. The molecule has 1 aromatic rings. The van der Waals surface area contributed by atoms with Crippen LogP contribution >= 0.6 is 24.0 Å². The van der Waals surface area contributed by atoms with Gasteiger partial charge >= 0.3 is 6.36 Å². The predicted octanol–water partition coefficient (Wildman–Crippen LogP) is 2.68. The van der Waals surface area contributed by atoms with Gasteiger partial charge in [0.25, 0.3) is 0 Å². The Balaban J connectivity index is 0.00000289.